The molecule has 32 heavy (non-hydrogen) atoms. The fourth-order valence-electron chi connectivity index (χ4n) is 3.63. The summed E-state index contributed by atoms with van der Waals surface area (Å²) < 4.78 is 3.51. The molecule has 162 valence electrons. The van der Waals surface area contributed by atoms with Crippen LogP contribution in [0.4, 0.5) is 5.69 Å². The van der Waals surface area contributed by atoms with E-state index < -0.39 is 0 Å². The van der Waals surface area contributed by atoms with Crippen molar-refractivity contribution < 1.29 is 4.79 Å². The molecule has 0 unspecified atom stereocenters. The van der Waals surface area contributed by atoms with Gasteiger partial charge in [0, 0.05) is 11.3 Å². The third-order valence-corrected chi connectivity index (χ3v) is 5.92. The lowest BCUT2D eigenvalue weighted by molar-refractivity contribution is 0.102. The van der Waals surface area contributed by atoms with Crippen molar-refractivity contribution in [1.29, 1.82) is 0 Å². The van der Waals surface area contributed by atoms with Gasteiger partial charge in [0.25, 0.3) is 5.91 Å². The number of tetrazole rings is 1. The van der Waals surface area contributed by atoms with E-state index in [1.807, 2.05) is 60.1 Å². The molecule has 1 aliphatic carbocycles. The number of anilines is 1. The lowest BCUT2D eigenvalue weighted by atomic mass is 10.1. The number of hydrogen-bond donors (Lipinski definition) is 1. The molecule has 0 spiro atoms. The van der Waals surface area contributed by atoms with Crippen LogP contribution in [0.1, 0.15) is 46.1 Å². The molecule has 1 fully saturated rings. The molecule has 8 nitrogen and oxygen atoms in total. The van der Waals surface area contributed by atoms with Gasteiger partial charge in [-0.3, -0.25) is 4.79 Å². The van der Waals surface area contributed by atoms with Gasteiger partial charge >= 0.3 is 0 Å². The van der Waals surface area contributed by atoms with Gasteiger partial charge in [-0.05, 0) is 66.9 Å². The standard InChI is InChI=1S/C23H22ClN7O/c1-14-3-5-16(6-4-14)13-30-21(24)20(15(2)27-30)23(32)25-18-9-7-17(8-10-18)22-26-28-29-31(22)19-11-12-19/h3-10,19H,11-13H2,1-2H3,(H,25,32). The molecule has 0 saturated heterocycles. The van der Waals surface area contributed by atoms with Gasteiger partial charge < -0.3 is 5.32 Å². The van der Waals surface area contributed by atoms with Crippen molar-refractivity contribution in [2.45, 2.75) is 39.3 Å². The topological polar surface area (TPSA) is 90.5 Å². The number of amides is 1. The number of aryl methyl sites for hydroxylation is 2. The molecule has 0 aliphatic heterocycles. The summed E-state index contributed by atoms with van der Waals surface area (Å²) in [5, 5.41) is 19.7. The fraction of sp³-hybridized carbons (Fsp3) is 0.261. The molecule has 1 saturated carbocycles. The Kier molecular flexibility index (Phi) is 5.22. The summed E-state index contributed by atoms with van der Waals surface area (Å²) in [7, 11) is 0. The number of nitrogens with zero attached hydrogens (tertiary/aromatic N) is 6. The maximum Gasteiger partial charge on any atom is 0.260 e. The van der Waals surface area contributed by atoms with Crippen LogP contribution in [0.5, 0.6) is 0 Å². The lowest BCUT2D eigenvalue weighted by Crippen LogP contribution is -2.13. The Morgan fingerprint density at radius 3 is 2.50 bits per heavy atom. The Hall–Kier alpha value is -3.52. The number of hydrogen-bond acceptors (Lipinski definition) is 5. The molecule has 1 N–H and O–H groups in total. The Bertz CT molecular complexity index is 1270. The predicted molar refractivity (Wildman–Crippen MR) is 122 cm³/mol. The fourth-order valence-corrected chi connectivity index (χ4v) is 3.95. The molecule has 2 aromatic carbocycles. The third kappa shape index (κ3) is 4.01. The average molecular weight is 448 g/mol. The van der Waals surface area contributed by atoms with Gasteiger partial charge in [-0.25, -0.2) is 9.36 Å². The van der Waals surface area contributed by atoms with E-state index in [1.54, 1.807) is 11.6 Å². The lowest BCUT2D eigenvalue weighted by Gasteiger charge is -2.07. The van der Waals surface area contributed by atoms with E-state index >= 15 is 0 Å². The molecule has 1 amide bonds. The first kappa shape index (κ1) is 20.4. The van der Waals surface area contributed by atoms with E-state index in [-0.39, 0.29) is 5.91 Å². The first-order valence-electron chi connectivity index (χ1n) is 10.5. The molecule has 4 aromatic rings. The number of nitrogens with one attached hydrogen (secondary N) is 1. The van der Waals surface area contributed by atoms with E-state index in [9.17, 15) is 4.79 Å². The summed E-state index contributed by atoms with van der Waals surface area (Å²) in [4.78, 5) is 12.9. The normalized spacial score (nSPS) is 13.3. The number of halogens is 1. The molecular formula is C23H22ClN7O. The summed E-state index contributed by atoms with van der Waals surface area (Å²) in [5.41, 5.74) is 4.77. The Balaban J connectivity index is 1.32. The van der Waals surface area contributed by atoms with Gasteiger partial charge in [-0.15, -0.1) is 5.10 Å². The third-order valence-electron chi connectivity index (χ3n) is 5.53. The number of carbonyl (C=O) groups is 1. The van der Waals surface area contributed by atoms with Crippen LogP contribution in [0, 0.1) is 13.8 Å². The van der Waals surface area contributed by atoms with Gasteiger partial charge in [0.1, 0.15) is 5.15 Å². The molecule has 0 atom stereocenters. The van der Waals surface area contributed by atoms with Crippen molar-refractivity contribution in [2.24, 2.45) is 0 Å². The zero-order valence-electron chi connectivity index (χ0n) is 17.8. The second-order valence-electron chi connectivity index (χ2n) is 8.10. The van der Waals surface area contributed by atoms with Gasteiger partial charge in [0.15, 0.2) is 5.82 Å². The SMILES string of the molecule is Cc1ccc(Cn2nc(C)c(C(=O)Nc3ccc(-c4nnnn4C4CC4)cc3)c2Cl)cc1. The second-order valence-corrected chi connectivity index (χ2v) is 8.46. The second kappa shape index (κ2) is 8.20. The largest absolute Gasteiger partial charge is 0.322 e. The highest BCUT2D eigenvalue weighted by atomic mass is 35.5. The quantitative estimate of drug-likeness (QED) is 0.471. The van der Waals surface area contributed by atoms with Crippen LogP contribution >= 0.6 is 11.6 Å². The monoisotopic (exact) mass is 447 g/mol. The predicted octanol–water partition coefficient (Wildman–Crippen LogP) is 4.44. The first-order valence-corrected chi connectivity index (χ1v) is 10.9. The molecular weight excluding hydrogens is 426 g/mol. The minimum atomic E-state index is -0.293. The van der Waals surface area contributed by atoms with Crippen molar-refractivity contribution in [1.82, 2.24) is 30.0 Å². The minimum absolute atomic E-state index is 0.293. The molecule has 5 rings (SSSR count). The van der Waals surface area contributed by atoms with E-state index in [0.29, 0.717) is 34.7 Å². The summed E-state index contributed by atoms with van der Waals surface area (Å²) >= 11 is 6.53. The van der Waals surface area contributed by atoms with Crippen LogP contribution in [0.2, 0.25) is 5.15 Å². The maximum atomic E-state index is 12.9. The molecule has 2 heterocycles. The van der Waals surface area contributed by atoms with Gasteiger partial charge in [-0.1, -0.05) is 41.4 Å². The zero-order valence-corrected chi connectivity index (χ0v) is 18.5. The number of carbonyl (C=O) groups excluding carboxylic acids is 1. The van der Waals surface area contributed by atoms with E-state index in [4.69, 9.17) is 11.6 Å². The van der Waals surface area contributed by atoms with Crippen LogP contribution < -0.4 is 5.32 Å². The molecule has 0 radical (unpaired) electrons. The Morgan fingerprint density at radius 1 is 1.09 bits per heavy atom. The first-order chi connectivity index (χ1) is 15.5. The van der Waals surface area contributed by atoms with Crippen molar-refractivity contribution in [3.8, 4) is 11.4 Å². The Morgan fingerprint density at radius 2 is 1.81 bits per heavy atom. The molecule has 2 aromatic heterocycles. The summed E-state index contributed by atoms with van der Waals surface area (Å²) in [6.07, 6.45) is 2.20. The van der Waals surface area contributed by atoms with Crippen molar-refractivity contribution in [3.05, 3.63) is 76.1 Å². The van der Waals surface area contributed by atoms with E-state index in [0.717, 1.165) is 29.8 Å². The highest BCUT2D eigenvalue weighted by Crippen LogP contribution is 2.36. The number of aromatic nitrogens is 6. The summed E-state index contributed by atoms with van der Waals surface area (Å²) in [6, 6.07) is 16.0. The maximum absolute atomic E-state index is 12.9. The minimum Gasteiger partial charge on any atom is -0.322 e. The average Bonchev–Trinajstić information content (AvgIpc) is 3.44. The zero-order chi connectivity index (χ0) is 22.2. The molecule has 0 bridgehead atoms. The van der Waals surface area contributed by atoms with Crippen molar-refractivity contribution >= 4 is 23.2 Å². The highest BCUT2D eigenvalue weighted by molar-refractivity contribution is 6.33. The van der Waals surface area contributed by atoms with Gasteiger partial charge in [0.2, 0.25) is 0 Å². The van der Waals surface area contributed by atoms with Gasteiger partial charge in [0.05, 0.1) is 23.8 Å². The van der Waals surface area contributed by atoms with E-state index in [2.05, 4.69) is 25.9 Å². The highest BCUT2D eigenvalue weighted by Gasteiger charge is 2.28. The smallest absolute Gasteiger partial charge is 0.260 e. The number of benzene rings is 2. The van der Waals surface area contributed by atoms with E-state index in [1.165, 1.54) is 5.56 Å². The van der Waals surface area contributed by atoms with Crippen molar-refractivity contribution in [3.63, 3.8) is 0 Å². The molecule has 9 heteroatoms. The molecule has 1 aliphatic rings. The van der Waals surface area contributed by atoms with Crippen molar-refractivity contribution in [2.75, 3.05) is 5.32 Å². The summed E-state index contributed by atoms with van der Waals surface area (Å²) in [6.45, 7) is 4.32. The Labute approximate surface area is 190 Å². The summed E-state index contributed by atoms with van der Waals surface area (Å²) in [5.74, 6) is 0.444. The van der Waals surface area contributed by atoms with Gasteiger partial charge in [-0.2, -0.15) is 5.10 Å². The van der Waals surface area contributed by atoms with Crippen LogP contribution in [0.15, 0.2) is 48.5 Å². The van der Waals surface area contributed by atoms with Crippen LogP contribution in [0.3, 0.4) is 0 Å². The van der Waals surface area contributed by atoms with Crippen LogP contribution in [-0.2, 0) is 6.54 Å². The van der Waals surface area contributed by atoms with Crippen LogP contribution in [-0.4, -0.2) is 35.9 Å². The number of rotatable bonds is 6. The van der Waals surface area contributed by atoms with Crippen LogP contribution in [0.25, 0.3) is 11.4 Å².